The van der Waals surface area contributed by atoms with Crippen molar-refractivity contribution in [2.75, 3.05) is 17.6 Å². The molecule has 1 fully saturated rings. The Bertz CT molecular complexity index is 741. The summed E-state index contributed by atoms with van der Waals surface area (Å²) in [5.41, 5.74) is 1.48. The number of carbonyl (C=O) groups is 1. The first-order valence-corrected chi connectivity index (χ1v) is 9.13. The molecular weight excluding hydrogens is 375 g/mol. The lowest BCUT2D eigenvalue weighted by molar-refractivity contribution is 0.214. The molecule has 1 aliphatic heterocycles. The van der Waals surface area contributed by atoms with Crippen molar-refractivity contribution < 1.29 is 4.79 Å². The van der Waals surface area contributed by atoms with Gasteiger partial charge in [0.25, 0.3) is 0 Å². The summed E-state index contributed by atoms with van der Waals surface area (Å²) in [4.78, 5) is 14.4. The number of hydrogen-bond acceptors (Lipinski definition) is 2. The number of hydrogen-bond donors (Lipinski definition) is 1. The smallest absolute Gasteiger partial charge is 0.308 e. The second-order valence-electron chi connectivity index (χ2n) is 4.99. The van der Waals surface area contributed by atoms with E-state index >= 15 is 0 Å². The van der Waals surface area contributed by atoms with Crippen molar-refractivity contribution in [3.63, 3.8) is 0 Å². The minimum atomic E-state index is -0.195. The molecule has 0 spiro atoms. The van der Waals surface area contributed by atoms with E-state index in [1.807, 2.05) is 18.2 Å². The van der Waals surface area contributed by atoms with E-state index in [-0.39, 0.29) is 11.4 Å². The molecule has 2 aromatic rings. The fourth-order valence-electron chi connectivity index (χ4n) is 2.39. The largest absolute Gasteiger partial charge is 0.323 e. The summed E-state index contributed by atoms with van der Waals surface area (Å²) in [6, 6.07) is 12.3. The molecule has 1 heterocycles. The number of nitrogens with one attached hydrogen (secondary N) is 1. The van der Waals surface area contributed by atoms with Gasteiger partial charge >= 0.3 is 6.03 Å². The van der Waals surface area contributed by atoms with E-state index in [2.05, 4.69) is 5.32 Å². The fraction of sp³-hybridized carbons (Fsp3) is 0.188. The van der Waals surface area contributed by atoms with Gasteiger partial charge in [0.15, 0.2) is 0 Å². The van der Waals surface area contributed by atoms with E-state index in [0.717, 1.165) is 11.3 Å². The molecule has 0 aromatic heterocycles. The Morgan fingerprint density at radius 2 is 1.91 bits per heavy atom. The number of benzene rings is 2. The first-order valence-electron chi connectivity index (χ1n) is 6.95. The van der Waals surface area contributed by atoms with Gasteiger partial charge < -0.3 is 10.2 Å². The topological polar surface area (TPSA) is 32.3 Å². The Kier molecular flexibility index (Phi) is 5.27. The number of halogens is 3. The van der Waals surface area contributed by atoms with Crippen LogP contribution in [0.3, 0.4) is 0 Å². The minimum absolute atomic E-state index is 0.137. The predicted molar refractivity (Wildman–Crippen MR) is 98.8 cm³/mol. The number of amides is 2. The maximum atomic E-state index is 12.6. The van der Waals surface area contributed by atoms with Crippen molar-refractivity contribution in [2.45, 2.75) is 5.37 Å². The second kappa shape index (κ2) is 7.22. The number of para-hydroxylation sites is 1. The molecule has 0 saturated carbocycles. The zero-order chi connectivity index (χ0) is 16.4. The van der Waals surface area contributed by atoms with Crippen molar-refractivity contribution in [3.05, 3.63) is 63.1 Å². The number of urea groups is 1. The van der Waals surface area contributed by atoms with Crippen LogP contribution in [0.2, 0.25) is 15.1 Å². The van der Waals surface area contributed by atoms with Crippen LogP contribution in [-0.4, -0.2) is 23.2 Å². The van der Waals surface area contributed by atoms with Crippen molar-refractivity contribution in [1.29, 1.82) is 0 Å². The van der Waals surface area contributed by atoms with Crippen LogP contribution in [0.1, 0.15) is 10.9 Å². The molecule has 2 amide bonds. The summed E-state index contributed by atoms with van der Waals surface area (Å²) in [6.45, 7) is 0.643. The Labute approximate surface area is 153 Å². The summed E-state index contributed by atoms with van der Waals surface area (Å²) in [7, 11) is 0. The van der Waals surface area contributed by atoms with Gasteiger partial charge in [0.1, 0.15) is 5.37 Å². The molecule has 1 aliphatic rings. The van der Waals surface area contributed by atoms with E-state index in [1.54, 1.807) is 40.9 Å². The molecule has 1 unspecified atom stereocenters. The van der Waals surface area contributed by atoms with Gasteiger partial charge in [-0.2, -0.15) is 0 Å². The summed E-state index contributed by atoms with van der Waals surface area (Å²) < 4.78 is 0. The quantitative estimate of drug-likeness (QED) is 0.693. The van der Waals surface area contributed by atoms with Crippen LogP contribution in [0.4, 0.5) is 10.5 Å². The van der Waals surface area contributed by atoms with E-state index in [0.29, 0.717) is 27.3 Å². The molecule has 1 atom stereocenters. The van der Waals surface area contributed by atoms with E-state index in [1.165, 1.54) is 0 Å². The first-order chi connectivity index (χ1) is 11.1. The number of nitrogens with zero attached hydrogens (tertiary/aromatic N) is 1. The maximum absolute atomic E-state index is 12.6. The molecule has 1 N–H and O–H groups in total. The van der Waals surface area contributed by atoms with Crippen molar-refractivity contribution >= 4 is 58.3 Å². The number of carbonyl (C=O) groups excluding carboxylic acids is 1. The van der Waals surface area contributed by atoms with Gasteiger partial charge in [0, 0.05) is 27.9 Å². The summed E-state index contributed by atoms with van der Waals surface area (Å²) in [5, 5.41) is 4.37. The Morgan fingerprint density at radius 1 is 1.13 bits per heavy atom. The molecule has 2 aromatic carbocycles. The van der Waals surface area contributed by atoms with E-state index in [4.69, 9.17) is 34.8 Å². The van der Waals surface area contributed by atoms with Crippen molar-refractivity contribution in [2.24, 2.45) is 0 Å². The minimum Gasteiger partial charge on any atom is -0.308 e. The first kappa shape index (κ1) is 16.8. The molecular formula is C16H13Cl3N2OS. The lowest BCUT2D eigenvalue weighted by Gasteiger charge is -2.25. The third-order valence-electron chi connectivity index (χ3n) is 3.50. The highest BCUT2D eigenvalue weighted by molar-refractivity contribution is 7.99. The number of rotatable bonds is 2. The SMILES string of the molecule is O=C(Nc1ccccc1Cl)N1CCSC1c1ccc(Cl)cc1Cl. The van der Waals surface area contributed by atoms with E-state index in [9.17, 15) is 4.79 Å². The molecule has 3 rings (SSSR count). The average Bonchev–Trinajstić information content (AvgIpc) is 2.99. The monoisotopic (exact) mass is 386 g/mol. The van der Waals surface area contributed by atoms with Crippen LogP contribution in [0.25, 0.3) is 0 Å². The summed E-state index contributed by atoms with van der Waals surface area (Å²) in [5.74, 6) is 0.847. The van der Waals surface area contributed by atoms with Gasteiger partial charge in [-0.05, 0) is 24.3 Å². The molecule has 0 bridgehead atoms. The van der Waals surface area contributed by atoms with Gasteiger partial charge in [-0.25, -0.2) is 4.79 Å². The molecule has 0 radical (unpaired) electrons. The Balaban J connectivity index is 1.81. The standard InChI is InChI=1S/C16H13Cl3N2OS/c17-10-5-6-11(13(19)9-10)15-21(7-8-23-15)16(22)20-14-4-2-1-3-12(14)18/h1-6,9,15H,7-8H2,(H,20,22). The van der Waals surface area contributed by atoms with Gasteiger partial charge in [-0.1, -0.05) is 53.0 Å². The third-order valence-corrected chi connectivity index (χ3v) is 5.63. The van der Waals surface area contributed by atoms with Crippen LogP contribution in [0, 0.1) is 0 Å². The molecule has 23 heavy (non-hydrogen) atoms. The molecule has 7 heteroatoms. The zero-order valence-corrected chi connectivity index (χ0v) is 15.0. The molecule has 0 aliphatic carbocycles. The van der Waals surface area contributed by atoms with Gasteiger partial charge in [0.05, 0.1) is 10.7 Å². The average molecular weight is 388 g/mol. The number of thioether (sulfide) groups is 1. The zero-order valence-electron chi connectivity index (χ0n) is 11.9. The fourth-order valence-corrected chi connectivity index (χ4v) is 4.44. The molecule has 1 saturated heterocycles. The Hall–Kier alpha value is -1.07. The lowest BCUT2D eigenvalue weighted by Crippen LogP contribution is -2.34. The highest BCUT2D eigenvalue weighted by Crippen LogP contribution is 2.41. The number of anilines is 1. The third kappa shape index (κ3) is 3.72. The van der Waals surface area contributed by atoms with E-state index < -0.39 is 0 Å². The highest BCUT2D eigenvalue weighted by Gasteiger charge is 2.32. The summed E-state index contributed by atoms with van der Waals surface area (Å²) in [6.07, 6.45) is 0. The Morgan fingerprint density at radius 3 is 2.65 bits per heavy atom. The molecule has 120 valence electrons. The van der Waals surface area contributed by atoms with Crippen LogP contribution >= 0.6 is 46.6 Å². The van der Waals surface area contributed by atoms with Crippen LogP contribution in [0.15, 0.2) is 42.5 Å². The van der Waals surface area contributed by atoms with Crippen LogP contribution in [-0.2, 0) is 0 Å². The van der Waals surface area contributed by atoms with Crippen LogP contribution in [0.5, 0.6) is 0 Å². The van der Waals surface area contributed by atoms with Gasteiger partial charge in [0.2, 0.25) is 0 Å². The maximum Gasteiger partial charge on any atom is 0.323 e. The van der Waals surface area contributed by atoms with Crippen molar-refractivity contribution in [1.82, 2.24) is 4.90 Å². The van der Waals surface area contributed by atoms with Crippen LogP contribution < -0.4 is 5.32 Å². The summed E-state index contributed by atoms with van der Waals surface area (Å²) >= 11 is 20.0. The predicted octanol–water partition coefficient (Wildman–Crippen LogP) is 5.93. The normalized spacial score (nSPS) is 17.3. The second-order valence-corrected chi connectivity index (χ2v) is 7.43. The lowest BCUT2D eigenvalue weighted by atomic mass is 10.2. The van der Waals surface area contributed by atoms with Gasteiger partial charge in [-0.15, -0.1) is 11.8 Å². The highest BCUT2D eigenvalue weighted by atomic mass is 35.5. The van der Waals surface area contributed by atoms with Crippen molar-refractivity contribution in [3.8, 4) is 0 Å². The molecule has 3 nitrogen and oxygen atoms in total. The van der Waals surface area contributed by atoms with Gasteiger partial charge in [-0.3, -0.25) is 0 Å².